The van der Waals surface area contributed by atoms with Gasteiger partial charge in [-0.15, -0.1) is 11.8 Å². The number of hydrogen-bond donors (Lipinski definition) is 1. The van der Waals surface area contributed by atoms with E-state index in [1.54, 1.807) is 0 Å². The summed E-state index contributed by atoms with van der Waals surface area (Å²) in [5.74, 6) is 1.20. The Labute approximate surface area is 109 Å². The molecule has 3 heteroatoms. The standard InChI is InChI=1S/C14H22N2S/c1-12-13(15)6-4-7-14(12)17-11-5-10-16-8-2-3-9-16/h4,6-7H,2-3,5,8-11,15H2,1H3. The lowest BCUT2D eigenvalue weighted by Gasteiger charge is -2.14. The van der Waals surface area contributed by atoms with Gasteiger partial charge in [0.05, 0.1) is 0 Å². The van der Waals surface area contributed by atoms with Crippen LogP contribution in [-0.2, 0) is 0 Å². The lowest BCUT2D eigenvalue weighted by Crippen LogP contribution is -2.20. The second-order valence-corrected chi connectivity index (χ2v) is 5.86. The van der Waals surface area contributed by atoms with Gasteiger partial charge < -0.3 is 10.6 Å². The molecule has 1 aromatic rings. The van der Waals surface area contributed by atoms with Crippen molar-refractivity contribution in [3.05, 3.63) is 23.8 Å². The Morgan fingerprint density at radius 2 is 2.06 bits per heavy atom. The minimum atomic E-state index is 0.912. The summed E-state index contributed by atoms with van der Waals surface area (Å²) in [6.07, 6.45) is 4.06. The van der Waals surface area contributed by atoms with Gasteiger partial charge in [-0.05, 0) is 69.3 Å². The van der Waals surface area contributed by atoms with Crippen molar-refractivity contribution in [2.24, 2.45) is 0 Å². The molecule has 1 fully saturated rings. The molecule has 0 aliphatic carbocycles. The molecule has 0 spiro atoms. The van der Waals surface area contributed by atoms with Crippen molar-refractivity contribution in [1.29, 1.82) is 0 Å². The molecule has 0 atom stereocenters. The number of benzene rings is 1. The van der Waals surface area contributed by atoms with Gasteiger partial charge in [-0.3, -0.25) is 0 Å². The van der Waals surface area contributed by atoms with Crippen LogP contribution in [-0.4, -0.2) is 30.3 Å². The molecule has 2 nitrogen and oxygen atoms in total. The molecule has 0 amide bonds. The summed E-state index contributed by atoms with van der Waals surface area (Å²) in [7, 11) is 0. The molecular formula is C14H22N2S. The fourth-order valence-corrected chi connectivity index (χ4v) is 3.27. The van der Waals surface area contributed by atoms with E-state index in [4.69, 9.17) is 5.73 Å². The Hall–Kier alpha value is -0.670. The maximum atomic E-state index is 5.90. The van der Waals surface area contributed by atoms with E-state index in [1.165, 1.54) is 55.1 Å². The first-order chi connectivity index (χ1) is 8.27. The molecule has 1 aliphatic heterocycles. The number of thioether (sulfide) groups is 1. The average Bonchev–Trinajstić information content (AvgIpc) is 2.83. The smallest absolute Gasteiger partial charge is 0.0354 e. The number of likely N-dealkylation sites (tertiary alicyclic amines) is 1. The number of rotatable bonds is 5. The van der Waals surface area contributed by atoms with E-state index in [0.29, 0.717) is 0 Å². The van der Waals surface area contributed by atoms with E-state index in [0.717, 1.165) is 5.69 Å². The molecule has 2 N–H and O–H groups in total. The highest BCUT2D eigenvalue weighted by Crippen LogP contribution is 2.26. The van der Waals surface area contributed by atoms with Gasteiger partial charge in [0.1, 0.15) is 0 Å². The Morgan fingerprint density at radius 1 is 1.29 bits per heavy atom. The zero-order chi connectivity index (χ0) is 12.1. The van der Waals surface area contributed by atoms with E-state index in [1.807, 2.05) is 23.9 Å². The maximum absolute atomic E-state index is 5.90. The molecule has 0 aromatic heterocycles. The Bertz CT molecular complexity index is 359. The summed E-state index contributed by atoms with van der Waals surface area (Å²) in [5.41, 5.74) is 8.05. The van der Waals surface area contributed by atoms with Crippen LogP contribution in [0.4, 0.5) is 5.69 Å². The Balaban J connectivity index is 1.72. The van der Waals surface area contributed by atoms with Crippen LogP contribution in [0.25, 0.3) is 0 Å². The van der Waals surface area contributed by atoms with Crippen molar-refractivity contribution < 1.29 is 0 Å². The fraction of sp³-hybridized carbons (Fsp3) is 0.571. The number of hydrogen-bond acceptors (Lipinski definition) is 3. The lowest BCUT2D eigenvalue weighted by molar-refractivity contribution is 0.341. The summed E-state index contributed by atoms with van der Waals surface area (Å²) in [6.45, 7) is 5.98. The van der Waals surface area contributed by atoms with E-state index < -0.39 is 0 Å². The molecule has 0 saturated carbocycles. The topological polar surface area (TPSA) is 29.3 Å². The fourth-order valence-electron chi connectivity index (χ4n) is 2.26. The maximum Gasteiger partial charge on any atom is 0.0354 e. The second kappa shape index (κ2) is 6.31. The summed E-state index contributed by atoms with van der Waals surface area (Å²) >= 11 is 1.94. The third-order valence-corrected chi connectivity index (χ3v) is 4.65. The minimum absolute atomic E-state index is 0.912. The average molecular weight is 250 g/mol. The molecule has 1 aliphatic rings. The molecule has 1 aromatic carbocycles. The molecule has 94 valence electrons. The van der Waals surface area contributed by atoms with Gasteiger partial charge in [0.2, 0.25) is 0 Å². The largest absolute Gasteiger partial charge is 0.398 e. The van der Waals surface area contributed by atoms with E-state index >= 15 is 0 Å². The SMILES string of the molecule is Cc1c(N)cccc1SCCCN1CCCC1. The van der Waals surface area contributed by atoms with E-state index in [9.17, 15) is 0 Å². The molecule has 1 saturated heterocycles. The Kier molecular flexibility index (Phi) is 4.75. The Morgan fingerprint density at radius 3 is 2.82 bits per heavy atom. The first-order valence-electron chi connectivity index (χ1n) is 6.47. The summed E-state index contributed by atoms with van der Waals surface area (Å²) < 4.78 is 0. The van der Waals surface area contributed by atoms with E-state index in [2.05, 4.69) is 17.9 Å². The third-order valence-electron chi connectivity index (χ3n) is 3.40. The van der Waals surface area contributed by atoms with Crippen molar-refractivity contribution in [3.63, 3.8) is 0 Å². The molecule has 2 rings (SSSR count). The van der Waals surface area contributed by atoms with Crippen LogP contribution in [0, 0.1) is 6.92 Å². The van der Waals surface area contributed by atoms with Gasteiger partial charge in [0, 0.05) is 10.6 Å². The normalized spacial score (nSPS) is 16.5. The van der Waals surface area contributed by atoms with Crippen LogP contribution in [0.1, 0.15) is 24.8 Å². The third kappa shape index (κ3) is 3.65. The zero-order valence-electron chi connectivity index (χ0n) is 10.6. The predicted molar refractivity (Wildman–Crippen MR) is 76.6 cm³/mol. The number of nitrogen functional groups attached to an aromatic ring is 1. The van der Waals surface area contributed by atoms with Crippen LogP contribution < -0.4 is 5.73 Å². The molecular weight excluding hydrogens is 228 g/mol. The first-order valence-corrected chi connectivity index (χ1v) is 7.46. The van der Waals surface area contributed by atoms with Crippen molar-refractivity contribution in [1.82, 2.24) is 4.90 Å². The zero-order valence-corrected chi connectivity index (χ0v) is 11.4. The van der Waals surface area contributed by atoms with Crippen molar-refractivity contribution >= 4 is 17.4 Å². The highest BCUT2D eigenvalue weighted by molar-refractivity contribution is 7.99. The van der Waals surface area contributed by atoms with Gasteiger partial charge in [-0.2, -0.15) is 0 Å². The van der Waals surface area contributed by atoms with E-state index in [-0.39, 0.29) is 0 Å². The monoisotopic (exact) mass is 250 g/mol. The molecule has 0 unspecified atom stereocenters. The molecule has 1 heterocycles. The minimum Gasteiger partial charge on any atom is -0.398 e. The summed E-state index contributed by atoms with van der Waals surface area (Å²) in [4.78, 5) is 3.92. The first kappa shape index (κ1) is 12.8. The van der Waals surface area contributed by atoms with Gasteiger partial charge in [-0.25, -0.2) is 0 Å². The van der Waals surface area contributed by atoms with Gasteiger partial charge in [-0.1, -0.05) is 6.07 Å². The van der Waals surface area contributed by atoms with Crippen LogP contribution in [0.2, 0.25) is 0 Å². The number of nitrogens with zero attached hydrogens (tertiary/aromatic N) is 1. The van der Waals surface area contributed by atoms with Crippen LogP contribution in [0.15, 0.2) is 23.1 Å². The van der Waals surface area contributed by atoms with Crippen molar-refractivity contribution in [2.75, 3.05) is 31.1 Å². The van der Waals surface area contributed by atoms with Gasteiger partial charge >= 0.3 is 0 Å². The highest BCUT2D eigenvalue weighted by Gasteiger charge is 2.10. The molecule has 17 heavy (non-hydrogen) atoms. The van der Waals surface area contributed by atoms with Gasteiger partial charge in [0.15, 0.2) is 0 Å². The number of nitrogens with two attached hydrogens (primary N) is 1. The summed E-state index contributed by atoms with van der Waals surface area (Å²) in [6, 6.07) is 6.20. The second-order valence-electron chi connectivity index (χ2n) is 4.72. The number of anilines is 1. The summed E-state index contributed by atoms with van der Waals surface area (Å²) in [5, 5.41) is 0. The highest BCUT2D eigenvalue weighted by atomic mass is 32.2. The van der Waals surface area contributed by atoms with Gasteiger partial charge in [0.25, 0.3) is 0 Å². The predicted octanol–water partition coefficient (Wildman–Crippen LogP) is 3.16. The molecule has 0 bridgehead atoms. The molecule has 0 radical (unpaired) electrons. The van der Waals surface area contributed by atoms with Crippen molar-refractivity contribution in [2.45, 2.75) is 31.1 Å². The van der Waals surface area contributed by atoms with Crippen molar-refractivity contribution in [3.8, 4) is 0 Å². The van der Waals surface area contributed by atoms with Crippen LogP contribution >= 0.6 is 11.8 Å². The lowest BCUT2D eigenvalue weighted by atomic mass is 10.2. The van der Waals surface area contributed by atoms with Crippen LogP contribution in [0.5, 0.6) is 0 Å². The quantitative estimate of drug-likeness (QED) is 0.494. The van der Waals surface area contributed by atoms with Crippen LogP contribution in [0.3, 0.4) is 0 Å².